The third-order valence-corrected chi connectivity index (χ3v) is 3.94. The topological polar surface area (TPSA) is 17.0 Å². The van der Waals surface area contributed by atoms with Gasteiger partial charge in [-0.2, -0.15) is 0 Å². The van der Waals surface area contributed by atoms with Crippen LogP contribution in [-0.4, -0.2) is 4.57 Å². The lowest BCUT2D eigenvalue weighted by Gasteiger charge is -2.06. The lowest BCUT2D eigenvalue weighted by Crippen LogP contribution is -2.12. The van der Waals surface area contributed by atoms with Crippen LogP contribution < -0.4 is 5.32 Å². The Morgan fingerprint density at radius 2 is 1.65 bits per heavy atom. The van der Waals surface area contributed by atoms with Gasteiger partial charge in [0.1, 0.15) is 0 Å². The molecule has 0 bridgehead atoms. The molecule has 20 heavy (non-hydrogen) atoms. The number of halogens is 1. The molecule has 0 atom stereocenters. The first-order chi connectivity index (χ1) is 9.75. The minimum absolute atomic E-state index is 0.781. The summed E-state index contributed by atoms with van der Waals surface area (Å²) in [6.07, 6.45) is 2.18. The van der Waals surface area contributed by atoms with Crippen LogP contribution >= 0.6 is 11.6 Å². The Balaban J connectivity index is 1.73. The van der Waals surface area contributed by atoms with Crippen LogP contribution in [0.25, 0.3) is 10.9 Å². The molecule has 0 radical (unpaired) electrons. The minimum atomic E-state index is 0.781. The maximum absolute atomic E-state index is 6.16. The average molecular weight is 285 g/mol. The zero-order valence-corrected chi connectivity index (χ0v) is 12.2. The SMILES string of the molecule is Cn1cc(CNCc2ccccc2Cl)c2ccccc21. The van der Waals surface area contributed by atoms with Crippen molar-refractivity contribution in [3.8, 4) is 0 Å². The zero-order chi connectivity index (χ0) is 13.9. The molecule has 0 spiro atoms. The van der Waals surface area contributed by atoms with E-state index in [4.69, 9.17) is 11.6 Å². The highest BCUT2D eigenvalue weighted by atomic mass is 35.5. The van der Waals surface area contributed by atoms with Crippen LogP contribution in [0.15, 0.2) is 54.7 Å². The molecule has 2 nitrogen and oxygen atoms in total. The summed E-state index contributed by atoms with van der Waals surface area (Å²) in [6, 6.07) is 16.4. The third kappa shape index (κ3) is 2.58. The molecule has 0 aliphatic carbocycles. The highest BCUT2D eigenvalue weighted by Crippen LogP contribution is 2.20. The van der Waals surface area contributed by atoms with Crippen LogP contribution in [0, 0.1) is 0 Å². The Kier molecular flexibility index (Phi) is 3.77. The van der Waals surface area contributed by atoms with Gasteiger partial charge in [0, 0.05) is 42.3 Å². The monoisotopic (exact) mass is 284 g/mol. The van der Waals surface area contributed by atoms with E-state index in [1.54, 1.807) is 0 Å². The van der Waals surface area contributed by atoms with E-state index in [0.717, 1.165) is 23.7 Å². The maximum Gasteiger partial charge on any atom is 0.0481 e. The van der Waals surface area contributed by atoms with Crippen LogP contribution in [0.4, 0.5) is 0 Å². The molecule has 0 saturated heterocycles. The zero-order valence-electron chi connectivity index (χ0n) is 11.4. The number of aromatic nitrogens is 1. The lowest BCUT2D eigenvalue weighted by molar-refractivity contribution is 0.694. The van der Waals surface area contributed by atoms with Crippen molar-refractivity contribution < 1.29 is 0 Å². The van der Waals surface area contributed by atoms with Crippen LogP contribution in [-0.2, 0) is 20.1 Å². The second-order valence-electron chi connectivity index (χ2n) is 4.98. The quantitative estimate of drug-likeness (QED) is 0.762. The van der Waals surface area contributed by atoms with Crippen LogP contribution in [0.5, 0.6) is 0 Å². The number of benzene rings is 2. The maximum atomic E-state index is 6.16. The van der Waals surface area contributed by atoms with Gasteiger partial charge < -0.3 is 9.88 Å². The second-order valence-corrected chi connectivity index (χ2v) is 5.38. The van der Waals surface area contributed by atoms with E-state index >= 15 is 0 Å². The fourth-order valence-electron chi connectivity index (χ4n) is 2.54. The second kappa shape index (κ2) is 5.70. The predicted molar refractivity (Wildman–Crippen MR) is 84.9 cm³/mol. The number of hydrogen-bond donors (Lipinski definition) is 1. The van der Waals surface area contributed by atoms with E-state index < -0.39 is 0 Å². The van der Waals surface area contributed by atoms with E-state index in [9.17, 15) is 0 Å². The van der Waals surface area contributed by atoms with Crippen molar-refractivity contribution in [3.05, 3.63) is 70.9 Å². The lowest BCUT2D eigenvalue weighted by atomic mass is 10.1. The number of aryl methyl sites for hydroxylation is 1. The van der Waals surface area contributed by atoms with E-state index in [2.05, 4.69) is 53.5 Å². The van der Waals surface area contributed by atoms with Gasteiger partial charge in [-0.3, -0.25) is 0 Å². The summed E-state index contributed by atoms with van der Waals surface area (Å²) in [6.45, 7) is 1.62. The van der Waals surface area contributed by atoms with E-state index in [1.807, 2.05) is 18.2 Å². The van der Waals surface area contributed by atoms with Gasteiger partial charge in [0.05, 0.1) is 0 Å². The largest absolute Gasteiger partial charge is 0.350 e. The number of nitrogens with one attached hydrogen (secondary N) is 1. The van der Waals surface area contributed by atoms with Gasteiger partial charge >= 0.3 is 0 Å². The Bertz CT molecular complexity index is 731. The van der Waals surface area contributed by atoms with E-state index in [-0.39, 0.29) is 0 Å². The fraction of sp³-hybridized carbons (Fsp3) is 0.176. The summed E-state index contributed by atoms with van der Waals surface area (Å²) in [4.78, 5) is 0. The Labute approximate surface area is 124 Å². The molecule has 0 amide bonds. The van der Waals surface area contributed by atoms with Gasteiger partial charge in [0.2, 0.25) is 0 Å². The molecule has 3 rings (SSSR count). The van der Waals surface area contributed by atoms with Crippen molar-refractivity contribution >= 4 is 22.5 Å². The van der Waals surface area contributed by atoms with Crippen molar-refractivity contribution in [1.29, 1.82) is 0 Å². The summed E-state index contributed by atoms with van der Waals surface area (Å²) in [5.41, 5.74) is 3.71. The smallest absolute Gasteiger partial charge is 0.0481 e. The van der Waals surface area contributed by atoms with Crippen molar-refractivity contribution in [2.24, 2.45) is 7.05 Å². The van der Waals surface area contributed by atoms with Gasteiger partial charge in [-0.15, -0.1) is 0 Å². The molecule has 0 unspecified atom stereocenters. The molecule has 1 heterocycles. The van der Waals surface area contributed by atoms with E-state index in [1.165, 1.54) is 16.5 Å². The number of hydrogen-bond acceptors (Lipinski definition) is 1. The molecule has 3 aromatic rings. The minimum Gasteiger partial charge on any atom is -0.350 e. The first-order valence-electron chi connectivity index (χ1n) is 6.73. The first kappa shape index (κ1) is 13.2. The average Bonchev–Trinajstić information content (AvgIpc) is 2.78. The molecular formula is C17H17ClN2. The van der Waals surface area contributed by atoms with Crippen LogP contribution in [0.2, 0.25) is 5.02 Å². The van der Waals surface area contributed by atoms with Crippen molar-refractivity contribution in [2.45, 2.75) is 13.1 Å². The molecule has 0 saturated carbocycles. The molecule has 2 aromatic carbocycles. The molecule has 0 aliphatic rings. The van der Waals surface area contributed by atoms with Crippen LogP contribution in [0.1, 0.15) is 11.1 Å². The first-order valence-corrected chi connectivity index (χ1v) is 7.10. The molecule has 102 valence electrons. The van der Waals surface area contributed by atoms with Crippen molar-refractivity contribution in [3.63, 3.8) is 0 Å². The fourth-order valence-corrected chi connectivity index (χ4v) is 2.74. The number of nitrogens with zero attached hydrogens (tertiary/aromatic N) is 1. The Morgan fingerprint density at radius 1 is 0.950 bits per heavy atom. The molecule has 3 heteroatoms. The Hall–Kier alpha value is -1.77. The highest BCUT2D eigenvalue weighted by Gasteiger charge is 2.05. The van der Waals surface area contributed by atoms with Crippen LogP contribution in [0.3, 0.4) is 0 Å². The normalized spacial score (nSPS) is 11.1. The van der Waals surface area contributed by atoms with E-state index in [0.29, 0.717) is 0 Å². The molecule has 0 aliphatic heterocycles. The summed E-state index contributed by atoms with van der Waals surface area (Å²) >= 11 is 6.16. The van der Waals surface area contributed by atoms with Crippen molar-refractivity contribution in [2.75, 3.05) is 0 Å². The summed E-state index contributed by atoms with van der Waals surface area (Å²) in [5.74, 6) is 0. The third-order valence-electron chi connectivity index (χ3n) is 3.57. The molecular weight excluding hydrogens is 268 g/mol. The predicted octanol–water partition coefficient (Wildman–Crippen LogP) is 4.12. The standard InChI is InChI=1S/C17H17ClN2/c1-20-12-14(15-7-3-5-9-17(15)20)11-19-10-13-6-2-4-8-16(13)18/h2-9,12,19H,10-11H2,1H3. The summed E-state index contributed by atoms with van der Waals surface area (Å²) in [5, 5.41) is 5.59. The molecule has 1 N–H and O–H groups in total. The van der Waals surface area contributed by atoms with Gasteiger partial charge in [0.25, 0.3) is 0 Å². The number of para-hydroxylation sites is 1. The van der Waals surface area contributed by atoms with Crippen molar-refractivity contribution in [1.82, 2.24) is 9.88 Å². The summed E-state index contributed by atoms with van der Waals surface area (Å²) < 4.78 is 2.17. The number of fused-ring (bicyclic) bond motifs is 1. The van der Waals surface area contributed by atoms with Gasteiger partial charge in [-0.05, 0) is 23.3 Å². The number of rotatable bonds is 4. The summed E-state index contributed by atoms with van der Waals surface area (Å²) in [7, 11) is 2.08. The van der Waals surface area contributed by atoms with Gasteiger partial charge in [-0.1, -0.05) is 48.0 Å². The Morgan fingerprint density at radius 3 is 2.50 bits per heavy atom. The van der Waals surface area contributed by atoms with Gasteiger partial charge in [0.15, 0.2) is 0 Å². The highest BCUT2D eigenvalue weighted by molar-refractivity contribution is 6.31. The molecule has 0 fully saturated rings. The molecule has 1 aromatic heterocycles. The van der Waals surface area contributed by atoms with Gasteiger partial charge in [-0.25, -0.2) is 0 Å².